The molecule has 1 N–H and O–H groups in total. The van der Waals surface area contributed by atoms with Gasteiger partial charge in [0.15, 0.2) is 5.65 Å². The highest BCUT2D eigenvalue weighted by atomic mass is 16.5. The van der Waals surface area contributed by atoms with Crippen molar-refractivity contribution in [3.05, 3.63) is 53.5 Å². The van der Waals surface area contributed by atoms with Gasteiger partial charge in [0.2, 0.25) is 0 Å². The maximum Gasteiger partial charge on any atom is 0.328 e. The van der Waals surface area contributed by atoms with Crippen LogP contribution in [0.2, 0.25) is 0 Å². The van der Waals surface area contributed by atoms with Gasteiger partial charge in [-0.05, 0) is 63.1 Å². The van der Waals surface area contributed by atoms with Crippen LogP contribution in [0.15, 0.2) is 36.5 Å². The van der Waals surface area contributed by atoms with Gasteiger partial charge in [-0.15, -0.1) is 0 Å². The molecule has 9 nitrogen and oxygen atoms in total. The molecule has 0 aliphatic carbocycles. The van der Waals surface area contributed by atoms with Crippen molar-refractivity contribution in [1.29, 1.82) is 0 Å². The number of piperazine rings is 1. The molecule has 9 heteroatoms. The SMILES string of the molecule is CCOC(=O)C(C)NC(=O)N1CCN(Cc2nc3cccnc3n2-c2cc(C)cc(C)c2)CC1. The molecule has 0 spiro atoms. The second-order valence-corrected chi connectivity index (χ2v) is 8.74. The van der Waals surface area contributed by atoms with Crippen molar-refractivity contribution < 1.29 is 14.3 Å². The van der Waals surface area contributed by atoms with Crippen LogP contribution in [0.1, 0.15) is 30.8 Å². The Morgan fingerprint density at radius 3 is 2.50 bits per heavy atom. The molecule has 0 radical (unpaired) electrons. The molecule has 1 unspecified atom stereocenters. The lowest BCUT2D eigenvalue weighted by Gasteiger charge is -2.35. The van der Waals surface area contributed by atoms with E-state index in [1.54, 1.807) is 24.9 Å². The third kappa shape index (κ3) is 5.20. The Labute approximate surface area is 199 Å². The Balaban J connectivity index is 1.46. The monoisotopic (exact) mass is 464 g/mol. The van der Waals surface area contributed by atoms with Crippen LogP contribution in [-0.2, 0) is 16.1 Å². The third-order valence-corrected chi connectivity index (χ3v) is 5.95. The minimum Gasteiger partial charge on any atom is -0.464 e. The van der Waals surface area contributed by atoms with Gasteiger partial charge < -0.3 is 15.0 Å². The molecule has 0 bridgehead atoms. The molecule has 3 aromatic rings. The van der Waals surface area contributed by atoms with Crippen molar-refractivity contribution in [3.8, 4) is 5.69 Å². The number of hydrogen-bond acceptors (Lipinski definition) is 6. The first kappa shape index (κ1) is 23.7. The van der Waals surface area contributed by atoms with Crippen LogP contribution in [-0.4, -0.2) is 75.2 Å². The fraction of sp³-hybridized carbons (Fsp3) is 0.440. The number of carbonyl (C=O) groups is 2. The number of nitrogens with one attached hydrogen (secondary N) is 1. The summed E-state index contributed by atoms with van der Waals surface area (Å²) in [5.41, 5.74) is 5.14. The number of esters is 1. The summed E-state index contributed by atoms with van der Waals surface area (Å²) >= 11 is 0. The average Bonchev–Trinajstić information content (AvgIpc) is 3.16. The van der Waals surface area contributed by atoms with Crippen molar-refractivity contribution in [2.45, 2.75) is 40.3 Å². The predicted molar refractivity (Wildman–Crippen MR) is 130 cm³/mol. The van der Waals surface area contributed by atoms with E-state index in [9.17, 15) is 9.59 Å². The van der Waals surface area contributed by atoms with Crippen LogP contribution in [0.4, 0.5) is 4.79 Å². The summed E-state index contributed by atoms with van der Waals surface area (Å²) in [7, 11) is 0. The molecular formula is C25H32N6O3. The zero-order chi connectivity index (χ0) is 24.2. The number of amides is 2. The van der Waals surface area contributed by atoms with E-state index in [0.29, 0.717) is 39.3 Å². The van der Waals surface area contributed by atoms with E-state index < -0.39 is 12.0 Å². The van der Waals surface area contributed by atoms with Crippen LogP contribution in [0.5, 0.6) is 0 Å². The van der Waals surface area contributed by atoms with Gasteiger partial charge in [-0.3, -0.25) is 9.47 Å². The first-order valence-corrected chi connectivity index (χ1v) is 11.7. The fourth-order valence-corrected chi connectivity index (χ4v) is 4.33. The number of rotatable bonds is 6. The van der Waals surface area contributed by atoms with Gasteiger partial charge in [0.1, 0.15) is 17.4 Å². The molecule has 1 aliphatic rings. The maximum atomic E-state index is 12.6. The molecular weight excluding hydrogens is 432 g/mol. The van der Waals surface area contributed by atoms with Gasteiger partial charge >= 0.3 is 12.0 Å². The van der Waals surface area contributed by atoms with Gasteiger partial charge in [0.05, 0.1) is 13.2 Å². The Bertz CT molecular complexity index is 1160. The molecule has 4 rings (SSSR count). The van der Waals surface area contributed by atoms with Crippen molar-refractivity contribution >= 4 is 23.2 Å². The van der Waals surface area contributed by atoms with Crippen molar-refractivity contribution in [1.82, 2.24) is 29.7 Å². The van der Waals surface area contributed by atoms with Crippen LogP contribution >= 0.6 is 0 Å². The number of nitrogens with zero attached hydrogens (tertiary/aromatic N) is 5. The van der Waals surface area contributed by atoms with Crippen molar-refractivity contribution in [2.24, 2.45) is 0 Å². The standard InChI is InChI=1S/C25H32N6O3/c1-5-34-24(32)19(4)27-25(33)30-11-9-29(10-12-30)16-22-28-21-7-6-8-26-23(21)31(22)20-14-17(2)13-18(3)15-20/h6-8,13-15,19H,5,9-12,16H2,1-4H3,(H,27,33). The van der Waals surface area contributed by atoms with Crippen molar-refractivity contribution in [2.75, 3.05) is 32.8 Å². The molecule has 2 amide bonds. The molecule has 1 atom stereocenters. The number of imidazole rings is 1. The number of carbonyl (C=O) groups excluding carboxylic acids is 2. The molecule has 2 aromatic heterocycles. The molecule has 1 aliphatic heterocycles. The van der Waals surface area contributed by atoms with Gasteiger partial charge in [-0.2, -0.15) is 0 Å². The normalized spacial score (nSPS) is 15.4. The summed E-state index contributed by atoms with van der Waals surface area (Å²) in [4.78, 5) is 37.9. The summed E-state index contributed by atoms with van der Waals surface area (Å²) in [6.45, 7) is 11.1. The van der Waals surface area contributed by atoms with Crippen LogP contribution < -0.4 is 5.32 Å². The van der Waals surface area contributed by atoms with Gasteiger partial charge in [-0.25, -0.2) is 19.6 Å². The van der Waals surface area contributed by atoms with Crippen LogP contribution in [0, 0.1) is 13.8 Å². The largest absolute Gasteiger partial charge is 0.464 e. The van der Waals surface area contributed by atoms with E-state index in [1.807, 2.05) is 12.1 Å². The zero-order valence-corrected chi connectivity index (χ0v) is 20.2. The smallest absolute Gasteiger partial charge is 0.328 e. The number of urea groups is 1. The number of ether oxygens (including phenoxy) is 1. The number of pyridine rings is 1. The number of benzene rings is 1. The fourth-order valence-electron chi connectivity index (χ4n) is 4.33. The van der Waals surface area contributed by atoms with E-state index in [4.69, 9.17) is 9.72 Å². The Morgan fingerprint density at radius 1 is 1.12 bits per heavy atom. The van der Waals surface area contributed by atoms with Gasteiger partial charge in [0.25, 0.3) is 0 Å². The first-order valence-electron chi connectivity index (χ1n) is 11.7. The summed E-state index contributed by atoms with van der Waals surface area (Å²) in [5.74, 6) is 0.501. The first-order chi connectivity index (χ1) is 16.4. The van der Waals surface area contributed by atoms with E-state index >= 15 is 0 Å². The zero-order valence-electron chi connectivity index (χ0n) is 20.2. The Morgan fingerprint density at radius 2 is 1.82 bits per heavy atom. The Hall–Kier alpha value is -3.46. The highest BCUT2D eigenvalue weighted by Crippen LogP contribution is 2.23. The summed E-state index contributed by atoms with van der Waals surface area (Å²) < 4.78 is 7.10. The second kappa shape index (κ2) is 10.2. The predicted octanol–water partition coefficient (Wildman–Crippen LogP) is 2.82. The molecule has 3 heterocycles. The maximum absolute atomic E-state index is 12.6. The molecule has 180 valence electrons. The number of aryl methyl sites for hydroxylation is 2. The third-order valence-electron chi connectivity index (χ3n) is 5.95. The molecule has 0 saturated carbocycles. The second-order valence-electron chi connectivity index (χ2n) is 8.74. The minimum absolute atomic E-state index is 0.244. The lowest BCUT2D eigenvalue weighted by molar-refractivity contribution is -0.144. The number of aromatic nitrogens is 3. The highest BCUT2D eigenvalue weighted by molar-refractivity contribution is 5.83. The Kier molecular flexibility index (Phi) is 7.12. The quantitative estimate of drug-likeness (QED) is 0.564. The average molecular weight is 465 g/mol. The lowest BCUT2D eigenvalue weighted by Crippen LogP contribution is -2.54. The number of hydrogen-bond donors (Lipinski definition) is 1. The van der Waals surface area contributed by atoms with Gasteiger partial charge in [0, 0.05) is 38.1 Å². The summed E-state index contributed by atoms with van der Waals surface area (Å²) in [6.07, 6.45) is 1.79. The summed E-state index contributed by atoms with van der Waals surface area (Å²) in [6, 6.07) is 9.43. The topological polar surface area (TPSA) is 92.6 Å². The van der Waals surface area contributed by atoms with Crippen LogP contribution in [0.3, 0.4) is 0 Å². The lowest BCUT2D eigenvalue weighted by atomic mass is 10.1. The summed E-state index contributed by atoms with van der Waals surface area (Å²) in [5, 5.41) is 2.73. The molecule has 1 saturated heterocycles. The van der Waals surface area contributed by atoms with E-state index in [2.05, 4.69) is 51.8 Å². The van der Waals surface area contributed by atoms with Crippen LogP contribution in [0.25, 0.3) is 16.9 Å². The van der Waals surface area contributed by atoms with E-state index in [0.717, 1.165) is 22.7 Å². The van der Waals surface area contributed by atoms with Crippen molar-refractivity contribution in [3.63, 3.8) is 0 Å². The molecule has 1 fully saturated rings. The van der Waals surface area contributed by atoms with E-state index in [1.165, 1.54) is 11.1 Å². The molecule has 34 heavy (non-hydrogen) atoms. The van der Waals surface area contributed by atoms with Gasteiger partial charge in [-0.1, -0.05) is 6.07 Å². The van der Waals surface area contributed by atoms with E-state index in [-0.39, 0.29) is 6.03 Å². The number of fused-ring (bicyclic) bond motifs is 1. The minimum atomic E-state index is -0.671. The highest BCUT2D eigenvalue weighted by Gasteiger charge is 2.26. The molecule has 1 aromatic carbocycles.